The summed E-state index contributed by atoms with van der Waals surface area (Å²) in [5.74, 6) is 1.42. The van der Waals surface area contributed by atoms with Crippen LogP contribution in [0.1, 0.15) is 25.5 Å². The number of sulfonamides is 1. The minimum absolute atomic E-state index is 0.0713. The molecule has 1 aliphatic heterocycles. The molecule has 0 aromatic heterocycles. The fraction of sp³-hybridized carbons (Fsp3) is 0.455. The molecule has 0 fully saturated rings. The Labute approximate surface area is 101 Å². The van der Waals surface area contributed by atoms with Crippen molar-refractivity contribution >= 4 is 10.0 Å². The number of ether oxygens (including phenoxy) is 2. The van der Waals surface area contributed by atoms with Crippen molar-refractivity contribution in [1.29, 1.82) is 0 Å². The Hall–Kier alpha value is -1.27. The minimum atomic E-state index is -3.20. The van der Waals surface area contributed by atoms with E-state index in [0.717, 1.165) is 5.56 Å². The number of benzene rings is 1. The van der Waals surface area contributed by atoms with Crippen LogP contribution in [-0.4, -0.2) is 21.0 Å². The van der Waals surface area contributed by atoms with Gasteiger partial charge in [-0.2, -0.15) is 0 Å². The van der Waals surface area contributed by atoms with Crippen LogP contribution < -0.4 is 14.2 Å². The lowest BCUT2D eigenvalue weighted by Gasteiger charge is -2.14. The maximum absolute atomic E-state index is 11.4. The van der Waals surface area contributed by atoms with Crippen molar-refractivity contribution in [3.63, 3.8) is 0 Å². The molecule has 5 nitrogen and oxygen atoms in total. The molecule has 0 bridgehead atoms. The van der Waals surface area contributed by atoms with Crippen LogP contribution in [0.25, 0.3) is 0 Å². The molecule has 0 spiro atoms. The summed E-state index contributed by atoms with van der Waals surface area (Å²) in [6, 6.07) is 5.13. The topological polar surface area (TPSA) is 64.6 Å². The molecule has 0 amide bonds. The van der Waals surface area contributed by atoms with E-state index in [2.05, 4.69) is 4.72 Å². The number of fused-ring (bicyclic) bond motifs is 1. The third-order valence-electron chi connectivity index (χ3n) is 2.63. The fourth-order valence-electron chi connectivity index (χ4n) is 1.60. The molecule has 2 rings (SSSR count). The lowest BCUT2D eigenvalue weighted by molar-refractivity contribution is 0.174. The summed E-state index contributed by atoms with van der Waals surface area (Å²) in [5.41, 5.74) is 0.853. The van der Waals surface area contributed by atoms with Crippen molar-refractivity contribution in [1.82, 2.24) is 4.72 Å². The molecule has 0 saturated carbocycles. The van der Waals surface area contributed by atoms with Crippen molar-refractivity contribution in [3.05, 3.63) is 23.8 Å². The summed E-state index contributed by atoms with van der Waals surface area (Å²) in [4.78, 5) is 0. The van der Waals surface area contributed by atoms with Gasteiger partial charge in [-0.25, -0.2) is 13.1 Å². The molecule has 94 valence electrons. The predicted molar refractivity (Wildman–Crippen MR) is 63.6 cm³/mol. The monoisotopic (exact) mass is 257 g/mol. The van der Waals surface area contributed by atoms with Crippen molar-refractivity contribution < 1.29 is 17.9 Å². The van der Waals surface area contributed by atoms with Crippen molar-refractivity contribution in [2.75, 3.05) is 12.5 Å². The SMILES string of the molecule is CCS(=O)(=O)NC(C)c1ccc2c(c1)OCO2. The number of hydrogen-bond acceptors (Lipinski definition) is 4. The van der Waals surface area contributed by atoms with Crippen LogP contribution in [0.15, 0.2) is 18.2 Å². The Morgan fingerprint density at radius 1 is 1.35 bits per heavy atom. The molecule has 0 aliphatic carbocycles. The van der Waals surface area contributed by atoms with Crippen LogP contribution in [0.4, 0.5) is 0 Å². The molecule has 0 saturated heterocycles. The van der Waals surface area contributed by atoms with Crippen molar-refractivity contribution in [3.8, 4) is 11.5 Å². The Kier molecular flexibility index (Phi) is 3.26. The average Bonchev–Trinajstić information content (AvgIpc) is 2.75. The maximum Gasteiger partial charge on any atom is 0.231 e. The van der Waals surface area contributed by atoms with Gasteiger partial charge in [-0.05, 0) is 31.5 Å². The first-order chi connectivity index (χ1) is 8.02. The zero-order valence-electron chi connectivity index (χ0n) is 9.76. The summed E-state index contributed by atoms with van der Waals surface area (Å²) < 4.78 is 35.9. The Bertz CT molecular complexity index is 512. The quantitative estimate of drug-likeness (QED) is 0.886. The van der Waals surface area contributed by atoms with Gasteiger partial charge in [0.15, 0.2) is 11.5 Å². The molecule has 17 heavy (non-hydrogen) atoms. The number of hydrogen-bond donors (Lipinski definition) is 1. The highest BCUT2D eigenvalue weighted by Gasteiger charge is 2.18. The van der Waals surface area contributed by atoms with Gasteiger partial charge in [-0.3, -0.25) is 0 Å². The smallest absolute Gasteiger partial charge is 0.231 e. The molecule has 1 N–H and O–H groups in total. The molecule has 6 heteroatoms. The highest BCUT2D eigenvalue weighted by atomic mass is 32.2. The van der Waals surface area contributed by atoms with E-state index in [9.17, 15) is 8.42 Å². The second-order valence-corrected chi connectivity index (χ2v) is 5.90. The molecule has 1 heterocycles. The standard InChI is InChI=1S/C11H15NO4S/c1-3-17(13,14)12-8(2)9-4-5-10-11(6-9)16-7-15-10/h4-6,8,12H,3,7H2,1-2H3. The molecular weight excluding hydrogens is 242 g/mol. The third kappa shape index (κ3) is 2.70. The van der Waals surface area contributed by atoms with Crippen molar-refractivity contribution in [2.24, 2.45) is 0 Å². The summed E-state index contributed by atoms with van der Waals surface area (Å²) >= 11 is 0. The average molecular weight is 257 g/mol. The van der Waals surface area contributed by atoms with Crippen LogP contribution in [0.3, 0.4) is 0 Å². The first-order valence-electron chi connectivity index (χ1n) is 5.41. The maximum atomic E-state index is 11.4. The molecular formula is C11H15NO4S. The summed E-state index contributed by atoms with van der Waals surface area (Å²) in [6.45, 7) is 3.62. The first-order valence-corrected chi connectivity index (χ1v) is 7.06. The van der Waals surface area contributed by atoms with Crippen molar-refractivity contribution in [2.45, 2.75) is 19.9 Å². The van der Waals surface area contributed by atoms with Gasteiger partial charge in [-0.1, -0.05) is 6.07 Å². The Balaban J connectivity index is 2.18. The minimum Gasteiger partial charge on any atom is -0.454 e. The zero-order valence-corrected chi connectivity index (χ0v) is 10.6. The van der Waals surface area contributed by atoms with Gasteiger partial charge in [0, 0.05) is 6.04 Å². The zero-order chi connectivity index (χ0) is 12.5. The lowest BCUT2D eigenvalue weighted by Crippen LogP contribution is -2.28. The molecule has 1 aromatic carbocycles. The van der Waals surface area contributed by atoms with Gasteiger partial charge in [-0.15, -0.1) is 0 Å². The molecule has 0 radical (unpaired) electrons. The summed E-state index contributed by atoms with van der Waals surface area (Å²) in [6.07, 6.45) is 0. The normalized spacial score (nSPS) is 15.9. The third-order valence-corrected chi connectivity index (χ3v) is 4.11. The summed E-state index contributed by atoms with van der Waals surface area (Å²) in [5, 5.41) is 0. The number of nitrogens with one attached hydrogen (secondary N) is 1. The van der Waals surface area contributed by atoms with Gasteiger partial charge < -0.3 is 9.47 Å². The van der Waals surface area contributed by atoms with E-state index in [1.54, 1.807) is 26.0 Å². The van der Waals surface area contributed by atoms with Gasteiger partial charge >= 0.3 is 0 Å². The largest absolute Gasteiger partial charge is 0.454 e. The van der Waals surface area contributed by atoms with E-state index in [0.29, 0.717) is 11.5 Å². The van der Waals surface area contributed by atoms with Crippen LogP contribution in [-0.2, 0) is 10.0 Å². The van der Waals surface area contributed by atoms with Gasteiger partial charge in [0.1, 0.15) is 0 Å². The van der Waals surface area contributed by atoms with Crippen LogP contribution in [0, 0.1) is 0 Å². The van der Waals surface area contributed by atoms with Crippen LogP contribution >= 0.6 is 0 Å². The molecule has 1 aliphatic rings. The second-order valence-electron chi connectivity index (χ2n) is 3.86. The Morgan fingerprint density at radius 3 is 2.76 bits per heavy atom. The van der Waals surface area contributed by atoms with E-state index in [4.69, 9.17) is 9.47 Å². The molecule has 1 unspecified atom stereocenters. The van der Waals surface area contributed by atoms with Gasteiger partial charge in [0.05, 0.1) is 5.75 Å². The van der Waals surface area contributed by atoms with E-state index >= 15 is 0 Å². The van der Waals surface area contributed by atoms with E-state index in [1.165, 1.54) is 0 Å². The van der Waals surface area contributed by atoms with Gasteiger partial charge in [0.25, 0.3) is 0 Å². The van der Waals surface area contributed by atoms with E-state index in [-0.39, 0.29) is 18.6 Å². The first kappa shape index (κ1) is 12.2. The molecule has 1 aromatic rings. The fourth-order valence-corrected chi connectivity index (χ4v) is 2.44. The predicted octanol–water partition coefficient (Wildman–Crippen LogP) is 1.42. The van der Waals surface area contributed by atoms with Gasteiger partial charge in [0.2, 0.25) is 16.8 Å². The lowest BCUT2D eigenvalue weighted by atomic mass is 10.1. The molecule has 1 atom stereocenters. The van der Waals surface area contributed by atoms with Crippen LogP contribution in [0.5, 0.6) is 11.5 Å². The number of rotatable bonds is 4. The second kappa shape index (κ2) is 4.54. The Morgan fingerprint density at radius 2 is 2.06 bits per heavy atom. The van der Waals surface area contributed by atoms with Crippen LogP contribution in [0.2, 0.25) is 0 Å². The highest BCUT2D eigenvalue weighted by molar-refractivity contribution is 7.89. The highest BCUT2D eigenvalue weighted by Crippen LogP contribution is 2.34. The van der Waals surface area contributed by atoms with E-state index in [1.807, 2.05) is 6.07 Å². The summed E-state index contributed by atoms with van der Waals surface area (Å²) in [7, 11) is -3.20. The van der Waals surface area contributed by atoms with E-state index < -0.39 is 10.0 Å².